The molecule has 4 aromatic rings. The Labute approximate surface area is 318 Å². The molecular formula is C34H41B3ClF4N9O3. The van der Waals surface area contributed by atoms with E-state index in [1.165, 1.54) is 24.5 Å². The van der Waals surface area contributed by atoms with E-state index in [4.69, 9.17) is 16.3 Å². The standard InChI is InChI=1S/C34H41B3ClF4N9O3/c1-32(2,28(39)40)47-31(53)54-17-25(21-8-9-24(38)23(14-21)26-45-18-50(48-26)34(35,36)37)51(30(43)44-13-12-33(3)10-11-33)27(52)20-6-4-19(5-7-20)22-15-46-49(16-22)29(41)42/h4-9,14-16,18,25,28-29H,10-13,17,35-37H2,1-3H3,(H2,43,44)(H,47,53)/t25-/m1/s1. The predicted octanol–water partition coefficient (Wildman–Crippen LogP) is 3.99. The molecule has 20 heteroatoms. The summed E-state index contributed by atoms with van der Waals surface area (Å²) in [5.41, 5.74) is -0.00163. The van der Waals surface area contributed by atoms with Gasteiger partial charge in [0.2, 0.25) is 0 Å². The summed E-state index contributed by atoms with van der Waals surface area (Å²) in [5.74, 6) is -0.698. The summed E-state index contributed by atoms with van der Waals surface area (Å²) in [6.07, 6.45) is 2.77. The molecule has 2 aromatic carbocycles. The Balaban J connectivity index is 1.55. The molecule has 5 rings (SSSR count). The van der Waals surface area contributed by atoms with Crippen LogP contribution in [-0.4, -0.2) is 96.1 Å². The van der Waals surface area contributed by atoms with Crippen molar-refractivity contribution < 1.29 is 31.9 Å². The highest BCUT2D eigenvalue weighted by atomic mass is 35.5. The SMILES string of the molecule is BC(B)(B)n1cnc(-c2cc([C@@H](COC(=O)NC(C)(C)C(F)F)N(C(=N)NCCC3(C)CC3)C(=O)c3ccc(-c4cnn(C(F)F)c4)cc3)ccc2Cl)n1. The van der Waals surface area contributed by atoms with Gasteiger partial charge in [0.15, 0.2) is 11.8 Å². The highest BCUT2D eigenvalue weighted by Gasteiger charge is 2.38. The van der Waals surface area contributed by atoms with Gasteiger partial charge >= 0.3 is 12.6 Å². The molecule has 0 saturated heterocycles. The molecule has 284 valence electrons. The van der Waals surface area contributed by atoms with Crippen LogP contribution in [0.2, 0.25) is 5.02 Å². The number of hydrogen-bond acceptors (Lipinski definition) is 7. The molecular weight excluding hydrogens is 726 g/mol. The van der Waals surface area contributed by atoms with Crippen LogP contribution in [0.15, 0.2) is 61.2 Å². The Bertz CT molecular complexity index is 1990. The van der Waals surface area contributed by atoms with Gasteiger partial charge in [0.05, 0.1) is 22.8 Å². The highest BCUT2D eigenvalue weighted by molar-refractivity contribution is 6.56. The van der Waals surface area contributed by atoms with Gasteiger partial charge in [-0.25, -0.2) is 23.2 Å². The molecule has 2 amide bonds. The van der Waals surface area contributed by atoms with Crippen molar-refractivity contribution in [3.8, 4) is 22.5 Å². The molecule has 0 aliphatic heterocycles. The summed E-state index contributed by atoms with van der Waals surface area (Å²) in [6, 6.07) is 9.69. The number of benzene rings is 2. The molecule has 54 heavy (non-hydrogen) atoms. The predicted molar refractivity (Wildman–Crippen MR) is 204 cm³/mol. The summed E-state index contributed by atoms with van der Waals surface area (Å²) in [5, 5.41) is 22.5. The molecule has 1 atom stereocenters. The zero-order valence-electron chi connectivity index (χ0n) is 30.8. The van der Waals surface area contributed by atoms with Crippen molar-refractivity contribution in [1.82, 2.24) is 40.1 Å². The lowest BCUT2D eigenvalue weighted by atomic mass is 9.49. The zero-order valence-corrected chi connectivity index (χ0v) is 31.6. The van der Waals surface area contributed by atoms with E-state index in [-0.39, 0.29) is 27.8 Å². The molecule has 2 aromatic heterocycles. The number of alkyl halides is 4. The zero-order chi connectivity index (χ0) is 39.6. The van der Waals surface area contributed by atoms with Crippen LogP contribution in [0.4, 0.5) is 22.4 Å². The van der Waals surface area contributed by atoms with E-state index in [0.29, 0.717) is 33.5 Å². The largest absolute Gasteiger partial charge is 0.447 e. The number of carbonyl (C=O) groups excluding carboxylic acids is 2. The van der Waals surface area contributed by atoms with Crippen molar-refractivity contribution in [2.75, 3.05) is 13.2 Å². The summed E-state index contributed by atoms with van der Waals surface area (Å²) in [6.45, 7) is 1.40. The second-order valence-electron chi connectivity index (χ2n) is 15.3. The quantitative estimate of drug-likeness (QED) is 0.0763. The number of nitrogens with zero attached hydrogens (tertiary/aromatic N) is 6. The molecule has 0 spiro atoms. The van der Waals surface area contributed by atoms with Gasteiger partial charge in [-0.2, -0.15) is 19.0 Å². The van der Waals surface area contributed by atoms with Crippen LogP contribution in [0.3, 0.4) is 0 Å². The monoisotopic (exact) mass is 767 g/mol. The summed E-state index contributed by atoms with van der Waals surface area (Å²) >= 11 is 6.65. The summed E-state index contributed by atoms with van der Waals surface area (Å²) in [7, 11) is 5.85. The Morgan fingerprint density at radius 3 is 2.35 bits per heavy atom. The fourth-order valence-corrected chi connectivity index (χ4v) is 5.63. The number of amides is 2. The lowest BCUT2D eigenvalue weighted by molar-refractivity contribution is 0.0402. The number of ether oxygens (including phenoxy) is 1. The molecule has 1 saturated carbocycles. The van der Waals surface area contributed by atoms with E-state index >= 15 is 0 Å². The molecule has 12 nitrogen and oxygen atoms in total. The molecule has 1 aliphatic carbocycles. The Kier molecular flexibility index (Phi) is 11.9. The van der Waals surface area contributed by atoms with E-state index in [2.05, 4.69) is 32.7 Å². The summed E-state index contributed by atoms with van der Waals surface area (Å²) < 4.78 is 61.3. The maximum absolute atomic E-state index is 14.5. The first-order chi connectivity index (χ1) is 25.3. The van der Waals surface area contributed by atoms with Gasteiger partial charge in [-0.3, -0.25) is 19.8 Å². The number of nitrogens with one attached hydrogen (secondary N) is 3. The molecule has 1 fully saturated rings. The average molecular weight is 768 g/mol. The van der Waals surface area contributed by atoms with E-state index in [1.54, 1.807) is 41.3 Å². The first-order valence-electron chi connectivity index (χ1n) is 17.3. The smallest absolute Gasteiger partial charge is 0.407 e. The number of alkyl carbamates (subject to hydrolysis) is 1. The van der Waals surface area contributed by atoms with Crippen LogP contribution in [0.25, 0.3) is 22.5 Å². The normalized spacial score (nSPS) is 14.5. The number of carbonyl (C=O) groups is 2. The van der Waals surface area contributed by atoms with Crippen molar-refractivity contribution in [3.05, 3.63) is 77.3 Å². The van der Waals surface area contributed by atoms with Gasteiger partial charge in [0.25, 0.3) is 12.3 Å². The minimum Gasteiger partial charge on any atom is -0.447 e. The van der Waals surface area contributed by atoms with Crippen LogP contribution in [0.5, 0.6) is 0 Å². The van der Waals surface area contributed by atoms with Crippen molar-refractivity contribution in [3.63, 3.8) is 0 Å². The van der Waals surface area contributed by atoms with E-state index in [0.717, 1.165) is 38.0 Å². The van der Waals surface area contributed by atoms with Gasteiger partial charge in [0.1, 0.15) is 36.5 Å². The van der Waals surface area contributed by atoms with Gasteiger partial charge in [-0.1, -0.05) is 36.7 Å². The van der Waals surface area contributed by atoms with Crippen LogP contribution >= 0.6 is 11.6 Å². The van der Waals surface area contributed by atoms with Gasteiger partial charge in [0, 0.05) is 29.4 Å². The molecule has 0 radical (unpaired) electrons. The van der Waals surface area contributed by atoms with Gasteiger partial charge in [-0.05, 0) is 79.2 Å². The average Bonchev–Trinajstić information content (AvgIpc) is 3.46. The molecule has 1 aliphatic rings. The third-order valence-electron chi connectivity index (χ3n) is 9.30. The third-order valence-corrected chi connectivity index (χ3v) is 9.63. The van der Waals surface area contributed by atoms with Crippen molar-refractivity contribution in [2.45, 2.75) is 69.8 Å². The fraction of sp³-hybridized carbons (Fsp3) is 0.412. The van der Waals surface area contributed by atoms with E-state index in [1.807, 2.05) is 23.5 Å². The second kappa shape index (κ2) is 15.9. The second-order valence-corrected chi connectivity index (χ2v) is 15.7. The number of hydrogen-bond donors (Lipinski definition) is 3. The number of guanidine groups is 1. The fourth-order valence-electron chi connectivity index (χ4n) is 5.43. The number of aromatic nitrogens is 5. The lowest BCUT2D eigenvalue weighted by Crippen LogP contribution is -2.51. The van der Waals surface area contributed by atoms with E-state index in [9.17, 15) is 32.6 Å². The maximum atomic E-state index is 14.5. The number of halogens is 5. The lowest BCUT2D eigenvalue weighted by Gasteiger charge is -2.33. The van der Waals surface area contributed by atoms with Crippen LogP contribution < -0.4 is 10.6 Å². The first-order valence-corrected chi connectivity index (χ1v) is 17.7. The van der Waals surface area contributed by atoms with Crippen LogP contribution in [0.1, 0.15) is 68.5 Å². The van der Waals surface area contributed by atoms with Crippen molar-refractivity contribution in [2.24, 2.45) is 5.41 Å². The van der Waals surface area contributed by atoms with Crippen LogP contribution in [-0.2, 0) is 9.97 Å². The Morgan fingerprint density at radius 1 is 1.09 bits per heavy atom. The van der Waals surface area contributed by atoms with E-state index < -0.39 is 48.4 Å². The van der Waals surface area contributed by atoms with Crippen molar-refractivity contribution in [1.29, 1.82) is 5.41 Å². The van der Waals surface area contributed by atoms with Crippen molar-refractivity contribution >= 4 is 53.1 Å². The molecule has 3 N–H and O–H groups in total. The number of rotatable bonds is 14. The molecule has 0 unspecified atom stereocenters. The Morgan fingerprint density at radius 2 is 1.78 bits per heavy atom. The topological polar surface area (TPSA) is 143 Å². The Hall–Kier alpha value is -4.80. The molecule has 0 bridgehead atoms. The highest BCUT2D eigenvalue weighted by Crippen LogP contribution is 2.47. The minimum atomic E-state index is -2.91. The third kappa shape index (κ3) is 9.65. The summed E-state index contributed by atoms with van der Waals surface area (Å²) in [4.78, 5) is 33.0. The molecule has 2 heterocycles. The maximum Gasteiger partial charge on any atom is 0.407 e. The van der Waals surface area contributed by atoms with Crippen LogP contribution in [0, 0.1) is 10.8 Å². The van der Waals surface area contributed by atoms with Gasteiger partial charge < -0.3 is 15.4 Å². The minimum absolute atomic E-state index is 0.119. The van der Waals surface area contributed by atoms with Gasteiger partial charge in [-0.15, -0.1) is 0 Å². The first kappa shape index (κ1) is 40.4.